The van der Waals surface area contributed by atoms with Gasteiger partial charge in [-0.3, -0.25) is 4.55 Å². The van der Waals surface area contributed by atoms with Crippen LogP contribution in [0.1, 0.15) is 0 Å². The van der Waals surface area contributed by atoms with Crippen LogP contribution in [-0.2, 0) is 19.7 Å². The fraction of sp³-hybridized carbons (Fsp3) is 0. The summed E-state index contributed by atoms with van der Waals surface area (Å²) in [7, 11) is -4.42. The van der Waals surface area contributed by atoms with E-state index in [0.717, 1.165) is 4.47 Å². The first-order valence-corrected chi connectivity index (χ1v) is 10.6. The van der Waals surface area contributed by atoms with Gasteiger partial charge in [0.05, 0.1) is 0 Å². The Balaban J connectivity index is 2.15. The first-order chi connectivity index (χ1) is 11.6. The number of rotatable bonds is 3. The zero-order valence-corrected chi connectivity index (χ0v) is 18.6. The smallest absolute Gasteiger partial charge is 0.418 e. The lowest BCUT2D eigenvalue weighted by molar-refractivity contribution is -0.156. The third-order valence-electron chi connectivity index (χ3n) is 2.63. The Morgan fingerprint density at radius 2 is 1.36 bits per heavy atom. The molecule has 132 valence electrons. The molecule has 11 heteroatoms. The average Bonchev–Trinajstić information content (AvgIpc) is 2.47. The third kappa shape index (κ3) is 5.60. The molecular weight excluding hydrogens is 646 g/mol. The molecule has 25 heavy (non-hydrogen) atoms. The van der Waals surface area contributed by atoms with E-state index >= 15 is 0 Å². The van der Waals surface area contributed by atoms with Gasteiger partial charge >= 0.3 is 11.9 Å². The highest BCUT2D eigenvalue weighted by Gasteiger charge is 2.23. The molecule has 2 aromatic rings. The van der Waals surface area contributed by atoms with Crippen LogP contribution in [0, 0.1) is 7.14 Å². The minimum Gasteiger partial charge on any atom is -0.418 e. The Kier molecular flexibility index (Phi) is 6.80. The number of halogens is 3. The Morgan fingerprint density at radius 1 is 0.920 bits per heavy atom. The van der Waals surface area contributed by atoms with E-state index < -0.39 is 22.1 Å². The minimum atomic E-state index is -4.42. The SMILES string of the molecule is O=C(Oc1ccc(Br)cc1)C(=O)Oc1cc(I)c(S(=O)(=O)O)c(I)c1. The number of hydrogen-bond donors (Lipinski definition) is 1. The summed E-state index contributed by atoms with van der Waals surface area (Å²) in [6, 6.07) is 8.65. The molecule has 1 N–H and O–H groups in total. The van der Waals surface area contributed by atoms with Crippen LogP contribution in [0.5, 0.6) is 11.5 Å². The Bertz CT molecular complexity index is 919. The van der Waals surface area contributed by atoms with Crippen LogP contribution in [0.25, 0.3) is 0 Å². The second-order valence-corrected chi connectivity index (χ2v) is 9.02. The molecule has 0 atom stereocenters. The van der Waals surface area contributed by atoms with Gasteiger partial charge in [0, 0.05) is 11.6 Å². The van der Waals surface area contributed by atoms with E-state index in [-0.39, 0.29) is 23.5 Å². The largest absolute Gasteiger partial charge is 0.423 e. The van der Waals surface area contributed by atoms with Crippen molar-refractivity contribution >= 4 is 83.2 Å². The van der Waals surface area contributed by atoms with Gasteiger partial charge in [-0.15, -0.1) is 0 Å². The Labute approximate surface area is 178 Å². The molecule has 0 radical (unpaired) electrons. The van der Waals surface area contributed by atoms with Crippen LogP contribution in [0.2, 0.25) is 0 Å². The van der Waals surface area contributed by atoms with Gasteiger partial charge in [0.2, 0.25) is 0 Å². The average molecular weight is 653 g/mol. The second-order valence-electron chi connectivity index (χ2n) is 4.42. The molecule has 0 aliphatic heterocycles. The van der Waals surface area contributed by atoms with Crippen molar-refractivity contribution in [3.8, 4) is 11.5 Å². The standard InChI is InChI=1S/C14H7BrI2O7S/c15-7-1-3-8(4-2-7)23-13(18)14(19)24-9-5-10(16)12(11(17)6-9)25(20,21)22/h1-6H,(H,20,21,22). The lowest BCUT2D eigenvalue weighted by atomic mass is 10.3. The fourth-order valence-electron chi connectivity index (χ4n) is 1.64. The van der Waals surface area contributed by atoms with Gasteiger partial charge in [0.25, 0.3) is 10.1 Å². The summed E-state index contributed by atoms with van der Waals surface area (Å²) in [6.07, 6.45) is 0. The van der Waals surface area contributed by atoms with Crippen molar-refractivity contribution in [1.82, 2.24) is 0 Å². The first-order valence-electron chi connectivity index (χ1n) is 6.24. The van der Waals surface area contributed by atoms with Gasteiger partial charge in [0.15, 0.2) is 0 Å². The number of esters is 2. The molecular formula is C14H7BrI2O7S. The van der Waals surface area contributed by atoms with Gasteiger partial charge in [-0.2, -0.15) is 8.42 Å². The predicted octanol–water partition coefficient (Wildman–Crippen LogP) is 3.42. The minimum absolute atomic E-state index is 0.0565. The lowest BCUT2D eigenvalue weighted by Gasteiger charge is -2.09. The molecule has 0 fully saturated rings. The molecule has 2 rings (SSSR count). The summed E-state index contributed by atoms with van der Waals surface area (Å²) >= 11 is 6.56. The van der Waals surface area contributed by atoms with Crippen LogP contribution >= 0.6 is 61.1 Å². The number of benzene rings is 2. The van der Waals surface area contributed by atoms with Crippen LogP contribution < -0.4 is 9.47 Å². The molecule has 0 saturated carbocycles. The fourth-order valence-corrected chi connectivity index (χ4v) is 5.90. The number of ether oxygens (including phenoxy) is 2. The van der Waals surface area contributed by atoms with Crippen LogP contribution in [0.15, 0.2) is 45.8 Å². The summed E-state index contributed by atoms with van der Waals surface area (Å²) in [4.78, 5) is 23.3. The Morgan fingerprint density at radius 3 is 1.80 bits per heavy atom. The summed E-state index contributed by atoms with van der Waals surface area (Å²) in [5.74, 6) is -2.39. The van der Waals surface area contributed by atoms with E-state index in [4.69, 9.17) is 9.47 Å². The van der Waals surface area contributed by atoms with Gasteiger partial charge in [0.1, 0.15) is 16.4 Å². The van der Waals surface area contributed by atoms with Crippen LogP contribution in [-0.4, -0.2) is 24.9 Å². The summed E-state index contributed by atoms with van der Waals surface area (Å²) in [5.41, 5.74) is 0. The molecule has 7 nitrogen and oxygen atoms in total. The maximum atomic E-state index is 11.8. The molecule has 0 bridgehead atoms. The molecule has 0 amide bonds. The maximum Gasteiger partial charge on any atom is 0.423 e. The third-order valence-corrected chi connectivity index (χ3v) is 6.55. The highest BCUT2D eigenvalue weighted by molar-refractivity contribution is 14.1. The van der Waals surface area contributed by atoms with E-state index in [1.807, 2.05) is 0 Å². The molecule has 0 aromatic heterocycles. The van der Waals surface area contributed by atoms with Gasteiger partial charge in [-0.1, -0.05) is 15.9 Å². The van der Waals surface area contributed by atoms with Crippen molar-refractivity contribution < 1.29 is 32.0 Å². The molecule has 0 aliphatic rings. The molecule has 0 aliphatic carbocycles. The number of carbonyl (C=O) groups excluding carboxylic acids is 2. The molecule has 0 unspecified atom stereocenters. The van der Waals surface area contributed by atoms with Crippen LogP contribution in [0.3, 0.4) is 0 Å². The molecule has 0 saturated heterocycles. The first kappa shape index (κ1) is 20.5. The summed E-state index contributed by atoms with van der Waals surface area (Å²) in [6.45, 7) is 0. The van der Waals surface area contributed by atoms with E-state index in [1.165, 1.54) is 24.3 Å². The van der Waals surface area contributed by atoms with Crippen molar-refractivity contribution in [2.45, 2.75) is 4.90 Å². The highest BCUT2D eigenvalue weighted by atomic mass is 127. The lowest BCUT2D eigenvalue weighted by Crippen LogP contribution is -2.25. The molecule has 0 heterocycles. The van der Waals surface area contributed by atoms with Gasteiger partial charge < -0.3 is 9.47 Å². The topological polar surface area (TPSA) is 107 Å². The van der Waals surface area contributed by atoms with Crippen molar-refractivity contribution in [1.29, 1.82) is 0 Å². The van der Waals surface area contributed by atoms with E-state index in [2.05, 4.69) is 15.9 Å². The van der Waals surface area contributed by atoms with Gasteiger partial charge in [-0.25, -0.2) is 9.59 Å². The zero-order chi connectivity index (χ0) is 18.8. The summed E-state index contributed by atoms with van der Waals surface area (Å²) in [5, 5.41) is 0. The van der Waals surface area contributed by atoms with Crippen LogP contribution in [0.4, 0.5) is 0 Å². The monoisotopic (exact) mass is 652 g/mol. The molecule has 0 spiro atoms. The summed E-state index contributed by atoms with van der Waals surface area (Å²) < 4.78 is 42.6. The predicted molar refractivity (Wildman–Crippen MR) is 107 cm³/mol. The number of carbonyl (C=O) groups is 2. The van der Waals surface area contributed by atoms with E-state index in [1.54, 1.807) is 57.3 Å². The molecule has 2 aromatic carbocycles. The van der Waals surface area contributed by atoms with Crippen molar-refractivity contribution in [2.75, 3.05) is 0 Å². The normalized spacial score (nSPS) is 11.0. The van der Waals surface area contributed by atoms with E-state index in [0.29, 0.717) is 0 Å². The van der Waals surface area contributed by atoms with E-state index in [9.17, 15) is 22.6 Å². The van der Waals surface area contributed by atoms with Crippen molar-refractivity contribution in [3.63, 3.8) is 0 Å². The number of hydrogen-bond acceptors (Lipinski definition) is 6. The quantitative estimate of drug-likeness (QED) is 0.178. The zero-order valence-electron chi connectivity index (χ0n) is 11.9. The van der Waals surface area contributed by atoms with Crippen molar-refractivity contribution in [3.05, 3.63) is 48.0 Å². The second kappa shape index (κ2) is 8.28. The van der Waals surface area contributed by atoms with Crippen molar-refractivity contribution in [2.24, 2.45) is 0 Å². The Hall–Kier alpha value is -0.770. The van der Waals surface area contributed by atoms with Gasteiger partial charge in [-0.05, 0) is 81.6 Å². The maximum absolute atomic E-state index is 11.8. The highest BCUT2D eigenvalue weighted by Crippen LogP contribution is 2.29.